The van der Waals surface area contributed by atoms with Crippen LogP contribution in [0.1, 0.15) is 26.3 Å². The lowest BCUT2D eigenvalue weighted by Gasteiger charge is -2.04. The summed E-state index contributed by atoms with van der Waals surface area (Å²) in [5.41, 5.74) is 1.99. The molecule has 2 aromatic carbocycles. The van der Waals surface area contributed by atoms with E-state index in [9.17, 15) is 9.59 Å². The third-order valence-corrected chi connectivity index (χ3v) is 2.89. The van der Waals surface area contributed by atoms with Gasteiger partial charge in [0.1, 0.15) is 12.0 Å². The van der Waals surface area contributed by atoms with Gasteiger partial charge in [-0.2, -0.15) is 0 Å². The Balaban J connectivity index is 2.08. The molecule has 2 rings (SSSR count). The molecule has 0 spiro atoms. The molecule has 0 saturated heterocycles. The molecule has 0 N–H and O–H groups in total. The third kappa shape index (κ3) is 3.65. The number of rotatable bonds is 4. The topological polar surface area (TPSA) is 43.4 Å². The molecule has 2 aromatic rings. The smallest absolute Gasteiger partial charge is 0.343 e. The largest absolute Gasteiger partial charge is 0.423 e. The van der Waals surface area contributed by atoms with Crippen molar-refractivity contribution in [2.24, 2.45) is 0 Å². The summed E-state index contributed by atoms with van der Waals surface area (Å²) in [7, 11) is 0. The highest BCUT2D eigenvalue weighted by atomic mass is 79.9. The zero-order valence-corrected chi connectivity index (χ0v) is 12.0. The highest BCUT2D eigenvalue weighted by Gasteiger charge is 2.08. The van der Waals surface area contributed by atoms with Crippen LogP contribution in [-0.4, -0.2) is 12.3 Å². The fraction of sp³-hybridized carbons (Fsp3) is 0. The van der Waals surface area contributed by atoms with Gasteiger partial charge in [0.15, 0.2) is 0 Å². The van der Waals surface area contributed by atoms with E-state index in [1.54, 1.807) is 41.4 Å². The molecule has 0 aromatic heterocycles. The fourth-order valence-corrected chi connectivity index (χ4v) is 1.89. The van der Waals surface area contributed by atoms with Gasteiger partial charge in [-0.15, -0.1) is 0 Å². The van der Waals surface area contributed by atoms with E-state index in [0.717, 1.165) is 11.8 Å². The summed E-state index contributed by atoms with van der Waals surface area (Å²) < 4.78 is 5.22. The number of carbonyl (C=O) groups excluding carboxylic acids is 2. The van der Waals surface area contributed by atoms with Gasteiger partial charge in [0.2, 0.25) is 0 Å². The van der Waals surface area contributed by atoms with Crippen molar-refractivity contribution in [3.05, 3.63) is 70.2 Å². The minimum atomic E-state index is -0.432. The second-order valence-corrected chi connectivity index (χ2v) is 4.52. The predicted molar refractivity (Wildman–Crippen MR) is 81.2 cm³/mol. The van der Waals surface area contributed by atoms with Gasteiger partial charge in [-0.05, 0) is 53.0 Å². The molecule has 100 valence electrons. The van der Waals surface area contributed by atoms with Crippen molar-refractivity contribution in [2.75, 3.05) is 0 Å². The summed E-state index contributed by atoms with van der Waals surface area (Å²) in [5.74, 6) is -0.0248. The molecule has 0 fully saturated rings. The van der Waals surface area contributed by atoms with Crippen molar-refractivity contribution in [1.82, 2.24) is 0 Å². The third-order valence-electron chi connectivity index (χ3n) is 2.63. The lowest BCUT2D eigenvalue weighted by Crippen LogP contribution is -2.08. The maximum Gasteiger partial charge on any atom is 0.343 e. The Morgan fingerprint density at radius 3 is 2.10 bits per heavy atom. The molecule has 0 bridgehead atoms. The van der Waals surface area contributed by atoms with Crippen LogP contribution in [0.2, 0.25) is 0 Å². The first-order valence-electron chi connectivity index (χ1n) is 5.87. The van der Waals surface area contributed by atoms with Crippen LogP contribution >= 0.6 is 15.9 Å². The molecular weight excluding hydrogens is 320 g/mol. The molecule has 0 atom stereocenters. The first kappa shape index (κ1) is 14.2. The second-order valence-electron chi connectivity index (χ2n) is 3.99. The maximum atomic E-state index is 11.9. The second kappa shape index (κ2) is 6.82. The Bertz CT molecular complexity index is 628. The van der Waals surface area contributed by atoms with Gasteiger partial charge < -0.3 is 4.74 Å². The molecule has 0 heterocycles. The predicted octanol–water partition coefficient (Wildman–Crippen LogP) is 4.08. The van der Waals surface area contributed by atoms with Crippen LogP contribution in [0.3, 0.4) is 0 Å². The van der Waals surface area contributed by atoms with Crippen LogP contribution in [0.5, 0.6) is 5.75 Å². The summed E-state index contributed by atoms with van der Waals surface area (Å²) in [5, 5.41) is 0. The molecule has 3 nitrogen and oxygen atoms in total. The molecule has 20 heavy (non-hydrogen) atoms. The van der Waals surface area contributed by atoms with E-state index in [1.165, 1.54) is 0 Å². The summed E-state index contributed by atoms with van der Waals surface area (Å²) in [6.07, 6.45) is 2.61. The van der Waals surface area contributed by atoms with E-state index in [2.05, 4.69) is 15.9 Å². The van der Waals surface area contributed by atoms with E-state index < -0.39 is 5.97 Å². The zero-order valence-electron chi connectivity index (χ0n) is 10.5. The van der Waals surface area contributed by atoms with Gasteiger partial charge >= 0.3 is 5.97 Å². The number of aldehydes is 1. The maximum absolute atomic E-state index is 11.9. The molecule has 4 heteroatoms. The monoisotopic (exact) mass is 330 g/mol. The van der Waals surface area contributed by atoms with E-state index in [-0.39, 0.29) is 0 Å². The van der Waals surface area contributed by atoms with E-state index >= 15 is 0 Å². The zero-order chi connectivity index (χ0) is 14.4. The van der Waals surface area contributed by atoms with Crippen LogP contribution in [0, 0.1) is 0 Å². The van der Waals surface area contributed by atoms with Crippen LogP contribution in [0.15, 0.2) is 53.5 Å². The van der Waals surface area contributed by atoms with Crippen molar-refractivity contribution in [3.63, 3.8) is 0 Å². The SMILES string of the molecule is O=Cc1ccc(OC(=O)c2ccc(/C=C\Br)cc2)cc1. The summed E-state index contributed by atoms with van der Waals surface area (Å²) >= 11 is 3.19. The number of ether oxygens (including phenoxy) is 1. The quantitative estimate of drug-likeness (QED) is 0.482. The summed E-state index contributed by atoms with van der Waals surface area (Å²) in [6, 6.07) is 13.4. The number of hydrogen-bond donors (Lipinski definition) is 0. The van der Waals surface area contributed by atoms with E-state index in [0.29, 0.717) is 16.9 Å². The number of hydrogen-bond acceptors (Lipinski definition) is 3. The molecule has 0 aliphatic heterocycles. The Kier molecular flexibility index (Phi) is 4.85. The van der Waals surface area contributed by atoms with Crippen molar-refractivity contribution < 1.29 is 14.3 Å². The average molecular weight is 331 g/mol. The molecule has 0 amide bonds. The van der Waals surface area contributed by atoms with Crippen LogP contribution < -0.4 is 4.74 Å². The lowest BCUT2D eigenvalue weighted by molar-refractivity contribution is 0.0734. The highest BCUT2D eigenvalue weighted by Crippen LogP contribution is 2.14. The van der Waals surface area contributed by atoms with Gasteiger partial charge in [-0.25, -0.2) is 4.79 Å². The molecular formula is C16H11BrO3. The van der Waals surface area contributed by atoms with Crippen molar-refractivity contribution in [2.45, 2.75) is 0 Å². The number of carbonyl (C=O) groups is 2. The van der Waals surface area contributed by atoms with E-state index in [1.807, 2.05) is 18.2 Å². The first-order valence-corrected chi connectivity index (χ1v) is 6.79. The average Bonchev–Trinajstić information content (AvgIpc) is 2.49. The summed E-state index contributed by atoms with van der Waals surface area (Å²) in [4.78, 5) is 24.2. The van der Waals surface area contributed by atoms with Gasteiger partial charge in [0, 0.05) is 5.56 Å². The molecule has 0 aliphatic rings. The van der Waals surface area contributed by atoms with Gasteiger partial charge in [-0.3, -0.25) is 4.79 Å². The summed E-state index contributed by atoms with van der Waals surface area (Å²) in [6.45, 7) is 0. The Hall–Kier alpha value is -2.20. The normalized spacial score (nSPS) is 10.4. The number of benzene rings is 2. The van der Waals surface area contributed by atoms with E-state index in [4.69, 9.17) is 4.74 Å². The number of esters is 1. The molecule has 0 radical (unpaired) electrons. The Morgan fingerprint density at radius 1 is 0.950 bits per heavy atom. The Labute approximate surface area is 125 Å². The minimum absolute atomic E-state index is 0.407. The van der Waals surface area contributed by atoms with Crippen LogP contribution in [-0.2, 0) is 0 Å². The number of halogens is 1. The van der Waals surface area contributed by atoms with Gasteiger partial charge in [0.25, 0.3) is 0 Å². The standard InChI is InChI=1S/C16H11BrO3/c17-10-9-12-1-5-14(6-2-12)16(19)20-15-7-3-13(11-18)4-8-15/h1-11H/b10-9-. The molecule has 0 aliphatic carbocycles. The first-order chi connectivity index (χ1) is 9.72. The molecule has 0 unspecified atom stereocenters. The van der Waals surface area contributed by atoms with Crippen LogP contribution in [0.4, 0.5) is 0 Å². The van der Waals surface area contributed by atoms with Gasteiger partial charge in [0.05, 0.1) is 5.56 Å². The van der Waals surface area contributed by atoms with Crippen molar-refractivity contribution in [3.8, 4) is 5.75 Å². The fourth-order valence-electron chi connectivity index (χ4n) is 1.58. The highest BCUT2D eigenvalue weighted by molar-refractivity contribution is 9.11. The van der Waals surface area contributed by atoms with Crippen LogP contribution in [0.25, 0.3) is 6.08 Å². The van der Waals surface area contributed by atoms with Gasteiger partial charge in [-0.1, -0.05) is 28.1 Å². The lowest BCUT2D eigenvalue weighted by atomic mass is 10.1. The van der Waals surface area contributed by atoms with Crippen molar-refractivity contribution >= 4 is 34.3 Å². The van der Waals surface area contributed by atoms with Crippen molar-refractivity contribution in [1.29, 1.82) is 0 Å². The Morgan fingerprint density at radius 2 is 1.55 bits per heavy atom. The minimum Gasteiger partial charge on any atom is -0.423 e. The molecule has 0 saturated carbocycles.